The van der Waals surface area contributed by atoms with Crippen LogP contribution in [0.2, 0.25) is 0 Å². The third-order valence-corrected chi connectivity index (χ3v) is 16.1. The molecule has 0 saturated heterocycles. The molecule has 0 amide bonds. The van der Waals surface area contributed by atoms with Crippen molar-refractivity contribution in [1.29, 1.82) is 5.26 Å². The molecule has 7 rings (SSSR count). The van der Waals surface area contributed by atoms with Crippen LogP contribution in [0.15, 0.2) is 23.5 Å². The van der Waals surface area contributed by atoms with Crippen LogP contribution in [0.25, 0.3) is 11.6 Å². The molecule has 11 nitrogen and oxygen atoms in total. The lowest BCUT2D eigenvalue weighted by Gasteiger charge is -2.72. The number of carboxylic acid groups (broad SMARTS) is 1. The monoisotopic (exact) mass is 738 g/mol. The van der Waals surface area contributed by atoms with Gasteiger partial charge in [0.05, 0.1) is 22.8 Å². The quantitative estimate of drug-likeness (QED) is 0.278. The minimum absolute atomic E-state index is 0.0283. The molecular weight excluding hydrogens is 681 g/mol. The van der Waals surface area contributed by atoms with Crippen LogP contribution in [0.4, 0.5) is 0 Å². The van der Waals surface area contributed by atoms with Gasteiger partial charge in [-0.2, -0.15) is 5.26 Å². The molecule has 8 atom stereocenters. The van der Waals surface area contributed by atoms with Gasteiger partial charge >= 0.3 is 11.9 Å². The van der Waals surface area contributed by atoms with E-state index < -0.39 is 22.8 Å². The maximum absolute atomic E-state index is 14.3. The summed E-state index contributed by atoms with van der Waals surface area (Å²) >= 11 is 0. The number of carboxylic acids is 1. The molecule has 2 heterocycles. The van der Waals surface area contributed by atoms with E-state index in [4.69, 9.17) is 9.84 Å². The summed E-state index contributed by atoms with van der Waals surface area (Å²) in [6.45, 7) is 19.6. The van der Waals surface area contributed by atoms with E-state index in [2.05, 4.69) is 69.6 Å². The highest BCUT2D eigenvalue weighted by molar-refractivity contribution is 6.01. The predicted octanol–water partition coefficient (Wildman–Crippen LogP) is 7.79. The van der Waals surface area contributed by atoms with Crippen molar-refractivity contribution < 1.29 is 24.2 Å². The Morgan fingerprint density at radius 1 is 0.981 bits per heavy atom. The number of carbonyl (C=O) groups excluding carboxylic acids is 2. The number of nitriles is 1. The number of carbonyl (C=O) groups is 3. The molecule has 54 heavy (non-hydrogen) atoms. The van der Waals surface area contributed by atoms with E-state index >= 15 is 0 Å². The Morgan fingerprint density at radius 3 is 2.30 bits per heavy atom. The molecule has 0 bridgehead atoms. The summed E-state index contributed by atoms with van der Waals surface area (Å²) < 4.78 is 8.16. The fourth-order valence-corrected chi connectivity index (χ4v) is 13.2. The number of allylic oxidation sites excluding steroid dienone is 2. The molecule has 0 aromatic carbocycles. The first-order valence-corrected chi connectivity index (χ1v) is 20.0. The van der Waals surface area contributed by atoms with Gasteiger partial charge < -0.3 is 14.4 Å². The number of hydrogen-bond acceptors (Lipinski definition) is 9. The Labute approximate surface area is 319 Å². The first-order chi connectivity index (χ1) is 25.2. The van der Waals surface area contributed by atoms with Crippen LogP contribution < -0.4 is 0 Å². The second kappa shape index (κ2) is 12.5. The topological polar surface area (TPSA) is 161 Å². The molecule has 2 aromatic rings. The largest absolute Gasteiger partial charge is 0.481 e. The van der Waals surface area contributed by atoms with Gasteiger partial charge in [0.1, 0.15) is 18.0 Å². The first kappa shape index (κ1) is 38.3. The van der Waals surface area contributed by atoms with Crippen molar-refractivity contribution in [1.82, 2.24) is 24.7 Å². The zero-order chi connectivity index (χ0) is 39.4. The number of hydrogen-bond donors (Lipinski definition) is 1. The van der Waals surface area contributed by atoms with Crippen molar-refractivity contribution in [2.75, 3.05) is 0 Å². The normalized spacial score (nSPS) is 35.8. The highest BCUT2D eigenvalue weighted by Crippen LogP contribution is 2.76. The summed E-state index contributed by atoms with van der Waals surface area (Å²) in [4.78, 5) is 48.0. The summed E-state index contributed by atoms with van der Waals surface area (Å²) in [7, 11) is 1.95. The summed E-state index contributed by atoms with van der Waals surface area (Å²) in [5, 5.41) is 28.3. The molecule has 290 valence electrons. The smallest absolute Gasteiger partial charge is 0.309 e. The van der Waals surface area contributed by atoms with Crippen molar-refractivity contribution in [2.45, 2.75) is 138 Å². The average Bonchev–Trinajstić information content (AvgIpc) is 3.63. The molecule has 1 N–H and O–H groups in total. The van der Waals surface area contributed by atoms with Gasteiger partial charge in [-0.25, -0.2) is 9.97 Å². The molecule has 0 spiro atoms. The van der Waals surface area contributed by atoms with Crippen LogP contribution in [0.5, 0.6) is 0 Å². The molecule has 11 heteroatoms. The SMILES string of the molecule is CC(C)C1=C2[C@H]3CC[C@@H]4[C@@]5(C)CC[C@H](OC(=O)CC(C)(C)C(=O)O)C(C)(C)[C@@H]5CC[C@@]4(C)[C@]3(C)CC[C@@]2(c2nnc(-c3ncc(C#N)cn3)n2C)CC1=O. The van der Waals surface area contributed by atoms with Gasteiger partial charge in [0, 0.05) is 31.3 Å². The number of aromatic nitrogens is 5. The average molecular weight is 739 g/mol. The van der Waals surface area contributed by atoms with Gasteiger partial charge in [0.15, 0.2) is 11.6 Å². The number of aliphatic carboxylic acids is 1. The van der Waals surface area contributed by atoms with E-state index in [-0.39, 0.29) is 51.8 Å². The van der Waals surface area contributed by atoms with Crippen LogP contribution in [0, 0.1) is 62.1 Å². The fourth-order valence-electron chi connectivity index (χ4n) is 13.2. The summed E-state index contributed by atoms with van der Waals surface area (Å²) in [6, 6.07) is 2.07. The lowest BCUT2D eigenvalue weighted by Crippen LogP contribution is -2.66. The van der Waals surface area contributed by atoms with Gasteiger partial charge in [0.25, 0.3) is 0 Å². The van der Waals surface area contributed by atoms with Crippen LogP contribution in [-0.4, -0.2) is 53.7 Å². The molecule has 4 fully saturated rings. The molecule has 4 saturated carbocycles. The number of esters is 1. The van der Waals surface area contributed by atoms with Gasteiger partial charge in [-0.1, -0.05) is 48.5 Å². The van der Waals surface area contributed by atoms with Crippen molar-refractivity contribution in [3.8, 4) is 17.7 Å². The van der Waals surface area contributed by atoms with Crippen molar-refractivity contribution in [3.05, 3.63) is 34.9 Å². The second-order valence-electron chi connectivity index (χ2n) is 19.8. The van der Waals surface area contributed by atoms with E-state index in [1.54, 1.807) is 13.8 Å². The lowest BCUT2D eigenvalue weighted by molar-refractivity contribution is -0.232. The van der Waals surface area contributed by atoms with E-state index in [1.165, 1.54) is 18.0 Å². The molecular formula is C43H58N6O5. The number of Topliss-reactive ketones (excluding diaryl/α,β-unsaturated/α-hetero) is 1. The Morgan fingerprint density at radius 2 is 1.67 bits per heavy atom. The van der Waals surface area contributed by atoms with Gasteiger partial charge in [-0.3, -0.25) is 14.4 Å². The number of nitrogens with zero attached hydrogens (tertiary/aromatic N) is 6. The number of fused-ring (bicyclic) bond motifs is 7. The molecule has 5 aliphatic rings. The van der Waals surface area contributed by atoms with Crippen molar-refractivity contribution in [3.63, 3.8) is 0 Å². The Kier molecular flexibility index (Phi) is 8.90. The van der Waals surface area contributed by atoms with E-state index in [9.17, 15) is 24.8 Å². The summed E-state index contributed by atoms with van der Waals surface area (Å²) in [5.74, 6) is 1.67. The Bertz CT molecular complexity index is 1970. The lowest BCUT2D eigenvalue weighted by atomic mass is 9.33. The Hall–Kier alpha value is -3.94. The standard InChI is InChI=1S/C43H58N6O5/c1-24(2)32-27(50)19-43(36-48-47-35(49(36)10)34-45-22-25(21-44)23-46-34)18-17-41(8)26(33(32)43)11-12-29-40(7)15-14-30(54-31(51)20-38(3,4)37(52)53)39(5,6)28(40)13-16-42(29,41)9/h22-24,26,28-30H,11-20H2,1-10H3,(H,52,53)/t26-,28+,29-,30+,40+,41-,42-,43-/m1/s1. The van der Waals surface area contributed by atoms with Crippen LogP contribution >= 0.6 is 0 Å². The minimum Gasteiger partial charge on any atom is -0.481 e. The van der Waals surface area contributed by atoms with Gasteiger partial charge in [-0.15, -0.1) is 10.2 Å². The van der Waals surface area contributed by atoms with E-state index in [1.807, 2.05) is 11.6 Å². The molecule has 0 unspecified atom stereocenters. The predicted molar refractivity (Wildman–Crippen MR) is 201 cm³/mol. The van der Waals surface area contributed by atoms with Crippen molar-refractivity contribution in [2.24, 2.45) is 57.8 Å². The van der Waals surface area contributed by atoms with E-state index in [0.717, 1.165) is 62.8 Å². The summed E-state index contributed by atoms with van der Waals surface area (Å²) in [5.41, 5.74) is 0.716. The zero-order valence-corrected chi connectivity index (χ0v) is 33.9. The maximum Gasteiger partial charge on any atom is 0.309 e. The number of ketones is 1. The number of rotatable bonds is 7. The van der Waals surface area contributed by atoms with Gasteiger partial charge in [-0.05, 0) is 116 Å². The second-order valence-corrected chi connectivity index (χ2v) is 19.8. The van der Waals surface area contributed by atoms with Crippen LogP contribution in [0.3, 0.4) is 0 Å². The number of ether oxygens (including phenoxy) is 1. The van der Waals surface area contributed by atoms with Crippen LogP contribution in [-0.2, 0) is 31.6 Å². The molecule has 2 aromatic heterocycles. The molecule has 0 radical (unpaired) electrons. The zero-order valence-electron chi connectivity index (χ0n) is 33.9. The highest BCUT2D eigenvalue weighted by atomic mass is 16.5. The van der Waals surface area contributed by atoms with Gasteiger partial charge in [0.2, 0.25) is 5.82 Å². The third-order valence-electron chi connectivity index (χ3n) is 16.1. The van der Waals surface area contributed by atoms with Crippen molar-refractivity contribution >= 4 is 17.7 Å². The Balaban J connectivity index is 1.22. The minimum atomic E-state index is -1.17. The van der Waals surface area contributed by atoms with Crippen LogP contribution in [0.1, 0.15) is 138 Å². The third kappa shape index (κ3) is 5.27. The summed E-state index contributed by atoms with van der Waals surface area (Å²) in [6.07, 6.45) is 10.7. The fraction of sp³-hybridized carbons (Fsp3) is 0.721. The maximum atomic E-state index is 14.3. The first-order valence-electron chi connectivity index (χ1n) is 20.0. The highest BCUT2D eigenvalue weighted by Gasteiger charge is 2.71. The molecule has 5 aliphatic carbocycles. The van der Waals surface area contributed by atoms with E-state index in [0.29, 0.717) is 35.5 Å². The molecule has 0 aliphatic heterocycles.